The molecule has 0 aliphatic rings. The van der Waals surface area contributed by atoms with Crippen LogP contribution in [0.4, 0.5) is 0 Å². The third-order valence-corrected chi connectivity index (χ3v) is 5.95. The van der Waals surface area contributed by atoms with Crippen molar-refractivity contribution in [3.63, 3.8) is 0 Å². The van der Waals surface area contributed by atoms with Crippen molar-refractivity contribution in [2.75, 3.05) is 7.11 Å². The minimum Gasteiger partial charge on any atom is -0.507 e. The van der Waals surface area contributed by atoms with Gasteiger partial charge in [0.05, 0.1) is 29.1 Å². The molecular formula is C28H23NO3. The number of phenolic OH excluding ortho intramolecular Hbond substituents is 1. The summed E-state index contributed by atoms with van der Waals surface area (Å²) in [6, 6.07) is 29.8. The first-order chi connectivity index (χ1) is 15.7. The van der Waals surface area contributed by atoms with Crippen molar-refractivity contribution in [1.29, 1.82) is 0 Å². The molecule has 0 radical (unpaired) electrons. The molecule has 0 unspecified atom stereocenters. The van der Waals surface area contributed by atoms with Crippen molar-refractivity contribution >= 4 is 27.8 Å². The molecule has 0 saturated carbocycles. The third kappa shape index (κ3) is 3.40. The molecule has 0 bridgehead atoms. The van der Waals surface area contributed by atoms with Crippen molar-refractivity contribution in [3.8, 4) is 16.9 Å². The van der Waals surface area contributed by atoms with Gasteiger partial charge in [0.15, 0.2) is 0 Å². The van der Waals surface area contributed by atoms with Gasteiger partial charge in [-0.3, -0.25) is 0 Å². The Balaban J connectivity index is 1.78. The van der Waals surface area contributed by atoms with Gasteiger partial charge in [0.1, 0.15) is 5.75 Å². The van der Waals surface area contributed by atoms with E-state index in [-0.39, 0.29) is 5.75 Å². The average molecular weight is 421 g/mol. The van der Waals surface area contributed by atoms with E-state index in [2.05, 4.69) is 22.8 Å². The first kappa shape index (κ1) is 19.9. The number of benzene rings is 4. The van der Waals surface area contributed by atoms with Crippen LogP contribution in [0.1, 0.15) is 15.9 Å². The highest BCUT2D eigenvalue weighted by atomic mass is 16.5. The lowest BCUT2D eigenvalue weighted by Crippen LogP contribution is -2.03. The Labute approximate surface area is 186 Å². The van der Waals surface area contributed by atoms with Crippen LogP contribution in [0.25, 0.3) is 32.9 Å². The van der Waals surface area contributed by atoms with Gasteiger partial charge in [-0.2, -0.15) is 0 Å². The van der Waals surface area contributed by atoms with Crippen LogP contribution in [-0.4, -0.2) is 22.8 Å². The molecular weight excluding hydrogens is 398 g/mol. The van der Waals surface area contributed by atoms with Crippen LogP contribution in [0.5, 0.6) is 5.75 Å². The van der Waals surface area contributed by atoms with Gasteiger partial charge in [0.2, 0.25) is 0 Å². The van der Waals surface area contributed by atoms with E-state index in [4.69, 9.17) is 4.74 Å². The number of hydrogen-bond acceptors (Lipinski definition) is 3. The summed E-state index contributed by atoms with van der Waals surface area (Å²) >= 11 is 0. The Morgan fingerprint density at radius 2 is 1.53 bits per heavy atom. The van der Waals surface area contributed by atoms with Crippen molar-refractivity contribution in [1.82, 2.24) is 4.57 Å². The van der Waals surface area contributed by atoms with Crippen LogP contribution >= 0.6 is 0 Å². The lowest BCUT2D eigenvalue weighted by molar-refractivity contribution is 0.0603. The summed E-state index contributed by atoms with van der Waals surface area (Å²) in [6.45, 7) is 0.715. The molecule has 0 fully saturated rings. The molecule has 4 heteroatoms. The summed E-state index contributed by atoms with van der Waals surface area (Å²) in [7, 11) is 1.38. The van der Waals surface area contributed by atoms with Crippen molar-refractivity contribution < 1.29 is 14.6 Å². The maximum absolute atomic E-state index is 12.5. The predicted octanol–water partition coefficient (Wildman–Crippen LogP) is 6.20. The van der Waals surface area contributed by atoms with E-state index in [1.165, 1.54) is 12.7 Å². The fraction of sp³-hybridized carbons (Fsp3) is 0.107. The Bertz CT molecular complexity index is 1420. The van der Waals surface area contributed by atoms with Crippen molar-refractivity contribution in [3.05, 3.63) is 102 Å². The summed E-state index contributed by atoms with van der Waals surface area (Å²) in [5.41, 5.74) is 5.44. The molecule has 5 aromatic rings. The quantitative estimate of drug-likeness (QED) is 0.344. The topological polar surface area (TPSA) is 51.5 Å². The predicted molar refractivity (Wildman–Crippen MR) is 128 cm³/mol. The highest BCUT2D eigenvalue weighted by Gasteiger charge is 2.21. The van der Waals surface area contributed by atoms with Gasteiger partial charge in [-0.1, -0.05) is 66.7 Å². The number of hydrogen-bond donors (Lipinski definition) is 1. The van der Waals surface area contributed by atoms with Crippen LogP contribution in [0.3, 0.4) is 0 Å². The Morgan fingerprint density at radius 3 is 2.25 bits per heavy atom. The minimum absolute atomic E-state index is 0.154. The third-order valence-electron chi connectivity index (χ3n) is 5.95. The van der Waals surface area contributed by atoms with Gasteiger partial charge in [-0.25, -0.2) is 4.79 Å². The standard InChI is InChI=1S/C28H23NO3/c1-32-28(31)22-13-8-14-23-26(22)27-24(29(23)16-15-19-9-4-2-5-10-19)17-21(18-25(27)30)20-11-6-3-7-12-20/h2-14,17-18,30H,15-16H2,1H3. The zero-order valence-corrected chi connectivity index (χ0v) is 17.8. The number of methoxy groups -OCH3 is 1. The molecule has 0 amide bonds. The van der Waals surface area contributed by atoms with E-state index < -0.39 is 5.97 Å². The largest absolute Gasteiger partial charge is 0.507 e. The second-order valence-corrected chi connectivity index (χ2v) is 7.83. The van der Waals surface area contributed by atoms with E-state index in [0.717, 1.165) is 34.0 Å². The van der Waals surface area contributed by atoms with E-state index in [1.807, 2.05) is 60.7 Å². The normalized spacial score (nSPS) is 11.2. The number of fused-ring (bicyclic) bond motifs is 3. The van der Waals surface area contributed by atoms with Gasteiger partial charge in [0, 0.05) is 11.9 Å². The monoisotopic (exact) mass is 421 g/mol. The second kappa shape index (κ2) is 8.23. The summed E-state index contributed by atoms with van der Waals surface area (Å²) in [4.78, 5) is 12.5. The van der Waals surface area contributed by atoms with Gasteiger partial charge in [-0.05, 0) is 47.4 Å². The molecule has 1 aromatic heterocycles. The molecule has 1 N–H and O–H groups in total. The number of ether oxygens (including phenoxy) is 1. The van der Waals surface area contributed by atoms with Gasteiger partial charge in [0.25, 0.3) is 0 Å². The molecule has 0 aliphatic heterocycles. The highest BCUT2D eigenvalue weighted by molar-refractivity contribution is 6.19. The number of aryl methyl sites for hydroxylation is 2. The van der Waals surface area contributed by atoms with Crippen LogP contribution in [0.15, 0.2) is 91.0 Å². The van der Waals surface area contributed by atoms with Crippen molar-refractivity contribution in [2.45, 2.75) is 13.0 Å². The minimum atomic E-state index is -0.413. The van der Waals surface area contributed by atoms with Crippen LogP contribution in [0.2, 0.25) is 0 Å². The summed E-state index contributed by atoms with van der Waals surface area (Å²) in [5.74, 6) is -0.259. The summed E-state index contributed by atoms with van der Waals surface area (Å²) in [6.07, 6.45) is 0.832. The number of carbonyl (C=O) groups excluding carboxylic acids is 1. The first-order valence-corrected chi connectivity index (χ1v) is 10.6. The number of esters is 1. The zero-order valence-electron chi connectivity index (χ0n) is 17.8. The number of aromatic hydroxyl groups is 1. The number of rotatable bonds is 5. The van der Waals surface area contributed by atoms with Gasteiger partial charge in [-0.15, -0.1) is 0 Å². The Morgan fingerprint density at radius 1 is 0.812 bits per heavy atom. The molecule has 0 atom stereocenters. The maximum atomic E-state index is 12.5. The van der Waals surface area contributed by atoms with Gasteiger partial charge >= 0.3 is 5.97 Å². The summed E-state index contributed by atoms with van der Waals surface area (Å²) in [5, 5.41) is 12.5. The number of phenols is 1. The fourth-order valence-corrected chi connectivity index (χ4v) is 4.44. The lowest BCUT2D eigenvalue weighted by atomic mass is 10.0. The smallest absolute Gasteiger partial charge is 0.338 e. The summed E-state index contributed by atoms with van der Waals surface area (Å²) < 4.78 is 7.23. The van der Waals surface area contributed by atoms with Crippen LogP contribution in [0, 0.1) is 0 Å². The van der Waals surface area contributed by atoms with E-state index >= 15 is 0 Å². The second-order valence-electron chi connectivity index (χ2n) is 7.83. The van der Waals surface area contributed by atoms with Crippen molar-refractivity contribution in [2.24, 2.45) is 0 Å². The number of nitrogens with zero attached hydrogens (tertiary/aromatic N) is 1. The Kier molecular flexibility index (Phi) is 5.12. The highest BCUT2D eigenvalue weighted by Crippen LogP contribution is 2.40. The van der Waals surface area contributed by atoms with Crippen LogP contribution < -0.4 is 0 Å². The molecule has 4 nitrogen and oxygen atoms in total. The fourth-order valence-electron chi connectivity index (χ4n) is 4.44. The average Bonchev–Trinajstić information content (AvgIpc) is 3.17. The molecule has 4 aromatic carbocycles. The maximum Gasteiger partial charge on any atom is 0.338 e. The number of carbonyl (C=O) groups is 1. The zero-order chi connectivity index (χ0) is 22.1. The van der Waals surface area contributed by atoms with E-state index in [9.17, 15) is 9.90 Å². The Hall–Kier alpha value is -4.05. The number of aromatic nitrogens is 1. The molecule has 0 saturated heterocycles. The molecule has 0 aliphatic carbocycles. The van der Waals surface area contributed by atoms with Crippen LogP contribution in [-0.2, 0) is 17.7 Å². The van der Waals surface area contributed by atoms with Gasteiger partial charge < -0.3 is 14.4 Å². The van der Waals surface area contributed by atoms with E-state index in [0.29, 0.717) is 17.5 Å². The molecule has 5 rings (SSSR count). The molecule has 158 valence electrons. The van der Waals surface area contributed by atoms with E-state index in [1.54, 1.807) is 12.1 Å². The molecule has 0 spiro atoms. The lowest BCUT2D eigenvalue weighted by Gasteiger charge is -2.10. The SMILES string of the molecule is COC(=O)c1cccc2c1c1c(O)cc(-c3ccccc3)cc1n2CCc1ccccc1. The first-order valence-electron chi connectivity index (χ1n) is 10.6. The molecule has 32 heavy (non-hydrogen) atoms. The molecule has 1 heterocycles.